The van der Waals surface area contributed by atoms with Gasteiger partial charge in [0.2, 0.25) is 11.8 Å². The molecule has 0 unspecified atom stereocenters. The van der Waals surface area contributed by atoms with Crippen LogP contribution < -0.4 is 10.6 Å². The van der Waals surface area contributed by atoms with Crippen LogP contribution in [0.4, 0.5) is 5.69 Å². The third-order valence-corrected chi connectivity index (χ3v) is 3.91. The third-order valence-electron chi connectivity index (χ3n) is 3.91. The summed E-state index contributed by atoms with van der Waals surface area (Å²) in [5.74, 6) is -0.337. The van der Waals surface area contributed by atoms with Crippen LogP contribution in [0, 0.1) is 5.41 Å². The Kier molecular flexibility index (Phi) is 5.77. The Hall–Kier alpha value is -1.88. The highest BCUT2D eigenvalue weighted by Gasteiger charge is 2.21. The second-order valence-corrected chi connectivity index (χ2v) is 7.16. The van der Waals surface area contributed by atoms with Gasteiger partial charge in [0, 0.05) is 17.6 Å². The zero-order chi connectivity index (χ0) is 16.9. The number of nitrogens with one attached hydrogen (secondary N) is 2. The van der Waals surface area contributed by atoms with Crippen molar-refractivity contribution < 1.29 is 9.59 Å². The SMILES string of the molecule is CC(C)(C)C(=O)NCC(=O)Nc1cccc(CN2CCCC2)c1. The van der Waals surface area contributed by atoms with E-state index in [4.69, 9.17) is 0 Å². The van der Waals surface area contributed by atoms with Crippen molar-refractivity contribution in [3.8, 4) is 0 Å². The molecule has 2 N–H and O–H groups in total. The second kappa shape index (κ2) is 7.59. The summed E-state index contributed by atoms with van der Waals surface area (Å²) in [6, 6.07) is 7.91. The van der Waals surface area contributed by atoms with Gasteiger partial charge in [0.15, 0.2) is 0 Å². The van der Waals surface area contributed by atoms with Gasteiger partial charge >= 0.3 is 0 Å². The fourth-order valence-corrected chi connectivity index (χ4v) is 2.58. The monoisotopic (exact) mass is 317 g/mol. The molecule has 1 aliphatic heterocycles. The molecular formula is C18H27N3O2. The zero-order valence-electron chi connectivity index (χ0n) is 14.3. The molecule has 1 aliphatic rings. The molecule has 1 aromatic carbocycles. The quantitative estimate of drug-likeness (QED) is 0.876. The summed E-state index contributed by atoms with van der Waals surface area (Å²) in [4.78, 5) is 26.2. The topological polar surface area (TPSA) is 61.4 Å². The van der Waals surface area contributed by atoms with Gasteiger partial charge in [0.05, 0.1) is 6.54 Å². The summed E-state index contributed by atoms with van der Waals surface area (Å²) in [5, 5.41) is 5.50. The Morgan fingerprint density at radius 3 is 2.52 bits per heavy atom. The number of carbonyl (C=O) groups excluding carboxylic acids is 2. The lowest BCUT2D eigenvalue weighted by Gasteiger charge is -2.17. The predicted octanol–water partition coefficient (Wildman–Crippen LogP) is 2.38. The molecule has 1 heterocycles. The maximum Gasteiger partial charge on any atom is 0.243 e. The van der Waals surface area contributed by atoms with Crippen LogP contribution in [-0.4, -0.2) is 36.3 Å². The maximum absolute atomic E-state index is 12.0. The van der Waals surface area contributed by atoms with Crippen molar-refractivity contribution in [1.82, 2.24) is 10.2 Å². The highest BCUT2D eigenvalue weighted by atomic mass is 16.2. The molecule has 0 spiro atoms. The van der Waals surface area contributed by atoms with E-state index >= 15 is 0 Å². The molecule has 0 radical (unpaired) electrons. The average molecular weight is 317 g/mol. The fraction of sp³-hybridized carbons (Fsp3) is 0.556. The highest BCUT2D eigenvalue weighted by molar-refractivity contribution is 5.95. The standard InChI is InChI=1S/C18H27N3O2/c1-18(2,3)17(23)19-12-16(22)20-15-8-6-7-14(11-15)13-21-9-4-5-10-21/h6-8,11H,4-5,9-10,12-13H2,1-3H3,(H,19,23)(H,20,22). The minimum absolute atomic E-state index is 0.00748. The highest BCUT2D eigenvalue weighted by Crippen LogP contribution is 2.16. The summed E-state index contributed by atoms with van der Waals surface area (Å²) in [5.41, 5.74) is 1.48. The molecule has 2 amide bonds. The molecule has 0 bridgehead atoms. The van der Waals surface area contributed by atoms with Crippen molar-refractivity contribution in [2.24, 2.45) is 5.41 Å². The van der Waals surface area contributed by atoms with E-state index in [1.807, 2.05) is 39.0 Å². The lowest BCUT2D eigenvalue weighted by atomic mass is 9.96. The zero-order valence-corrected chi connectivity index (χ0v) is 14.3. The van der Waals surface area contributed by atoms with E-state index in [2.05, 4.69) is 21.6 Å². The van der Waals surface area contributed by atoms with E-state index in [9.17, 15) is 9.59 Å². The van der Waals surface area contributed by atoms with Crippen LogP contribution in [0.1, 0.15) is 39.2 Å². The van der Waals surface area contributed by atoms with Crippen molar-refractivity contribution in [3.05, 3.63) is 29.8 Å². The summed E-state index contributed by atoms with van der Waals surface area (Å²) in [7, 11) is 0. The lowest BCUT2D eigenvalue weighted by Crippen LogP contribution is -2.39. The number of carbonyl (C=O) groups is 2. The number of nitrogens with zero attached hydrogens (tertiary/aromatic N) is 1. The Morgan fingerprint density at radius 1 is 1.17 bits per heavy atom. The first-order valence-corrected chi connectivity index (χ1v) is 8.24. The second-order valence-electron chi connectivity index (χ2n) is 7.16. The minimum atomic E-state index is -0.490. The number of hydrogen-bond donors (Lipinski definition) is 2. The van der Waals surface area contributed by atoms with Crippen LogP contribution in [0.2, 0.25) is 0 Å². The molecule has 0 atom stereocenters. The van der Waals surface area contributed by atoms with Crippen molar-refractivity contribution in [1.29, 1.82) is 0 Å². The Labute approximate surface area is 138 Å². The van der Waals surface area contributed by atoms with Gasteiger partial charge < -0.3 is 10.6 Å². The normalized spacial score (nSPS) is 15.4. The van der Waals surface area contributed by atoms with E-state index < -0.39 is 5.41 Å². The third kappa shape index (κ3) is 5.67. The van der Waals surface area contributed by atoms with Gasteiger partial charge in [-0.15, -0.1) is 0 Å². The van der Waals surface area contributed by atoms with Crippen LogP contribution >= 0.6 is 0 Å². The van der Waals surface area contributed by atoms with Crippen LogP contribution in [0.5, 0.6) is 0 Å². The molecule has 126 valence electrons. The molecule has 1 fully saturated rings. The van der Waals surface area contributed by atoms with Gasteiger partial charge in [-0.1, -0.05) is 32.9 Å². The number of rotatable bonds is 5. The molecule has 5 heteroatoms. The number of benzene rings is 1. The minimum Gasteiger partial charge on any atom is -0.347 e. The number of amides is 2. The summed E-state index contributed by atoms with van der Waals surface area (Å²) < 4.78 is 0. The Bertz CT molecular complexity index is 558. The van der Waals surface area contributed by atoms with Gasteiger partial charge in [0.25, 0.3) is 0 Å². The Morgan fingerprint density at radius 2 is 1.87 bits per heavy atom. The van der Waals surface area contributed by atoms with Crippen LogP contribution in [0.25, 0.3) is 0 Å². The smallest absolute Gasteiger partial charge is 0.243 e. The van der Waals surface area contributed by atoms with E-state index in [0.29, 0.717) is 0 Å². The molecule has 2 rings (SSSR count). The molecular weight excluding hydrogens is 290 g/mol. The molecule has 1 aromatic rings. The van der Waals surface area contributed by atoms with Crippen molar-refractivity contribution in [2.75, 3.05) is 25.0 Å². The van der Waals surface area contributed by atoms with Crippen LogP contribution in [0.3, 0.4) is 0 Å². The molecule has 5 nitrogen and oxygen atoms in total. The molecule has 1 saturated heterocycles. The molecule has 0 aliphatic carbocycles. The molecule has 0 saturated carbocycles. The first-order valence-electron chi connectivity index (χ1n) is 8.24. The van der Waals surface area contributed by atoms with Gasteiger partial charge in [0.1, 0.15) is 0 Å². The van der Waals surface area contributed by atoms with Gasteiger partial charge in [-0.3, -0.25) is 14.5 Å². The molecule has 0 aromatic heterocycles. The Balaban J connectivity index is 1.84. The van der Waals surface area contributed by atoms with Crippen molar-refractivity contribution in [3.63, 3.8) is 0 Å². The van der Waals surface area contributed by atoms with Gasteiger partial charge in [-0.25, -0.2) is 0 Å². The van der Waals surface area contributed by atoms with E-state index in [0.717, 1.165) is 25.3 Å². The predicted molar refractivity (Wildman–Crippen MR) is 92.0 cm³/mol. The fourth-order valence-electron chi connectivity index (χ4n) is 2.58. The van der Waals surface area contributed by atoms with Crippen molar-refractivity contribution >= 4 is 17.5 Å². The van der Waals surface area contributed by atoms with Gasteiger partial charge in [-0.2, -0.15) is 0 Å². The van der Waals surface area contributed by atoms with Crippen molar-refractivity contribution in [2.45, 2.75) is 40.2 Å². The van der Waals surface area contributed by atoms with E-state index in [-0.39, 0.29) is 18.4 Å². The van der Waals surface area contributed by atoms with E-state index in [1.165, 1.54) is 18.4 Å². The lowest BCUT2D eigenvalue weighted by molar-refractivity contribution is -0.130. The van der Waals surface area contributed by atoms with Gasteiger partial charge in [-0.05, 0) is 43.6 Å². The number of likely N-dealkylation sites (tertiary alicyclic amines) is 1. The number of hydrogen-bond acceptors (Lipinski definition) is 3. The van der Waals surface area contributed by atoms with Crippen LogP contribution in [0.15, 0.2) is 24.3 Å². The first kappa shape index (κ1) is 17.5. The maximum atomic E-state index is 12.0. The molecule has 23 heavy (non-hydrogen) atoms. The number of anilines is 1. The van der Waals surface area contributed by atoms with Crippen LogP contribution in [-0.2, 0) is 16.1 Å². The largest absolute Gasteiger partial charge is 0.347 e. The summed E-state index contributed by atoms with van der Waals surface area (Å²) in [6.07, 6.45) is 2.54. The average Bonchev–Trinajstić information content (AvgIpc) is 2.97. The van der Waals surface area contributed by atoms with E-state index in [1.54, 1.807) is 0 Å². The first-order chi connectivity index (χ1) is 10.8. The summed E-state index contributed by atoms with van der Waals surface area (Å²) >= 11 is 0. The summed E-state index contributed by atoms with van der Waals surface area (Å²) in [6.45, 7) is 8.67.